The lowest BCUT2D eigenvalue weighted by Gasteiger charge is -2.16. The second kappa shape index (κ2) is 8.14. The van der Waals surface area contributed by atoms with Gasteiger partial charge in [0.15, 0.2) is 0 Å². The normalized spacial score (nSPS) is 13.2. The minimum atomic E-state index is -0.415. The van der Waals surface area contributed by atoms with Crippen LogP contribution in [0.25, 0.3) is 11.5 Å². The van der Waals surface area contributed by atoms with E-state index in [9.17, 15) is 9.18 Å². The standard InChI is InChI=1S/C19H18FN3O2S/c1-12(14-8-10-16(20)11-9-14)21-17(24)13(2)26-19-23-22-18(25-19)15-6-4-3-5-7-15/h3-13H,1-2H3,(H,21,24)/t12-,13-/m0/s1. The van der Waals surface area contributed by atoms with Crippen LogP contribution in [-0.4, -0.2) is 21.4 Å². The van der Waals surface area contributed by atoms with E-state index < -0.39 is 5.25 Å². The smallest absolute Gasteiger partial charge is 0.277 e. The number of rotatable bonds is 6. The molecule has 1 heterocycles. The molecule has 0 saturated heterocycles. The lowest BCUT2D eigenvalue weighted by molar-refractivity contribution is -0.120. The highest BCUT2D eigenvalue weighted by molar-refractivity contribution is 8.00. The fourth-order valence-corrected chi connectivity index (χ4v) is 3.02. The topological polar surface area (TPSA) is 68.0 Å². The van der Waals surface area contributed by atoms with E-state index in [1.54, 1.807) is 19.1 Å². The van der Waals surface area contributed by atoms with Gasteiger partial charge in [-0.25, -0.2) is 4.39 Å². The molecule has 0 bridgehead atoms. The first-order chi connectivity index (χ1) is 12.5. The molecule has 2 aromatic carbocycles. The van der Waals surface area contributed by atoms with E-state index in [1.165, 1.54) is 23.9 Å². The summed E-state index contributed by atoms with van der Waals surface area (Å²) in [5, 5.41) is 10.8. The molecule has 3 rings (SSSR count). The quantitative estimate of drug-likeness (QED) is 0.657. The second-order valence-electron chi connectivity index (χ2n) is 5.78. The van der Waals surface area contributed by atoms with Crippen LogP contribution in [0.15, 0.2) is 64.2 Å². The highest BCUT2D eigenvalue weighted by Gasteiger charge is 2.20. The van der Waals surface area contributed by atoms with Crippen molar-refractivity contribution in [3.8, 4) is 11.5 Å². The van der Waals surface area contributed by atoms with Crippen LogP contribution >= 0.6 is 11.8 Å². The Kier molecular flexibility index (Phi) is 5.68. The van der Waals surface area contributed by atoms with Crippen LogP contribution in [0.4, 0.5) is 4.39 Å². The summed E-state index contributed by atoms with van der Waals surface area (Å²) < 4.78 is 18.6. The van der Waals surface area contributed by atoms with Gasteiger partial charge in [0.25, 0.3) is 5.22 Å². The minimum absolute atomic E-state index is 0.161. The third-order valence-corrected chi connectivity index (χ3v) is 4.74. The summed E-state index contributed by atoms with van der Waals surface area (Å²) in [5.74, 6) is -0.0477. The molecule has 0 spiro atoms. The molecular formula is C19H18FN3O2S. The van der Waals surface area contributed by atoms with Gasteiger partial charge in [-0.1, -0.05) is 42.1 Å². The highest BCUT2D eigenvalue weighted by Crippen LogP contribution is 2.26. The van der Waals surface area contributed by atoms with Gasteiger partial charge in [0.05, 0.1) is 11.3 Å². The molecule has 1 N–H and O–H groups in total. The van der Waals surface area contributed by atoms with E-state index in [2.05, 4.69) is 15.5 Å². The van der Waals surface area contributed by atoms with Crippen molar-refractivity contribution >= 4 is 17.7 Å². The molecule has 3 aromatic rings. The van der Waals surface area contributed by atoms with Gasteiger partial charge >= 0.3 is 0 Å². The Bertz CT molecular complexity index is 868. The fraction of sp³-hybridized carbons (Fsp3) is 0.211. The SMILES string of the molecule is C[C@H](Sc1nnc(-c2ccccc2)o1)C(=O)N[C@@H](C)c1ccc(F)cc1. The number of nitrogens with zero attached hydrogens (tertiary/aromatic N) is 2. The number of hydrogen-bond acceptors (Lipinski definition) is 5. The van der Waals surface area contributed by atoms with Crippen molar-refractivity contribution in [2.24, 2.45) is 0 Å². The summed E-state index contributed by atoms with van der Waals surface area (Å²) >= 11 is 1.19. The first-order valence-corrected chi connectivity index (χ1v) is 9.02. The van der Waals surface area contributed by atoms with Crippen LogP contribution in [-0.2, 0) is 4.79 Å². The van der Waals surface area contributed by atoms with Gasteiger partial charge in [0.1, 0.15) is 5.82 Å². The van der Waals surface area contributed by atoms with Crippen LogP contribution in [0.1, 0.15) is 25.5 Å². The number of aromatic nitrogens is 2. The molecule has 0 aliphatic rings. The van der Waals surface area contributed by atoms with Crippen molar-refractivity contribution in [1.29, 1.82) is 0 Å². The predicted octanol–water partition coefficient (Wildman–Crippen LogP) is 4.23. The lowest BCUT2D eigenvalue weighted by atomic mass is 10.1. The minimum Gasteiger partial charge on any atom is -0.411 e. The highest BCUT2D eigenvalue weighted by atomic mass is 32.2. The molecule has 0 aliphatic carbocycles. The molecule has 2 atom stereocenters. The predicted molar refractivity (Wildman–Crippen MR) is 98.0 cm³/mol. The van der Waals surface area contributed by atoms with Gasteiger partial charge in [-0.05, 0) is 43.7 Å². The summed E-state index contributed by atoms with van der Waals surface area (Å²) in [5.41, 5.74) is 1.66. The monoisotopic (exact) mass is 371 g/mol. The molecule has 0 fully saturated rings. The zero-order valence-corrected chi connectivity index (χ0v) is 15.2. The van der Waals surface area contributed by atoms with Gasteiger partial charge < -0.3 is 9.73 Å². The third-order valence-electron chi connectivity index (χ3n) is 3.80. The molecular weight excluding hydrogens is 353 g/mol. The van der Waals surface area contributed by atoms with E-state index in [0.717, 1.165) is 11.1 Å². The van der Waals surface area contributed by atoms with Crippen molar-refractivity contribution in [3.05, 3.63) is 66.0 Å². The van der Waals surface area contributed by atoms with Gasteiger partial charge in [-0.2, -0.15) is 0 Å². The zero-order valence-electron chi connectivity index (χ0n) is 14.3. The maximum Gasteiger partial charge on any atom is 0.277 e. The summed E-state index contributed by atoms with van der Waals surface area (Å²) in [4.78, 5) is 12.4. The number of hydrogen-bond donors (Lipinski definition) is 1. The van der Waals surface area contributed by atoms with Crippen molar-refractivity contribution in [2.45, 2.75) is 30.4 Å². The van der Waals surface area contributed by atoms with Crippen LogP contribution < -0.4 is 5.32 Å². The van der Waals surface area contributed by atoms with Crippen molar-refractivity contribution < 1.29 is 13.6 Å². The van der Waals surface area contributed by atoms with Gasteiger partial charge in [-0.15, -0.1) is 10.2 Å². The van der Waals surface area contributed by atoms with Crippen LogP contribution in [0.2, 0.25) is 0 Å². The molecule has 0 saturated carbocycles. The number of benzene rings is 2. The van der Waals surface area contributed by atoms with Crippen LogP contribution in [0.5, 0.6) is 0 Å². The Morgan fingerprint density at radius 3 is 2.46 bits per heavy atom. The molecule has 134 valence electrons. The van der Waals surface area contributed by atoms with Crippen LogP contribution in [0, 0.1) is 5.82 Å². The number of carbonyl (C=O) groups excluding carboxylic acids is 1. The lowest BCUT2D eigenvalue weighted by Crippen LogP contribution is -2.33. The average molecular weight is 371 g/mol. The second-order valence-corrected chi connectivity index (χ2v) is 7.07. The Balaban J connectivity index is 1.59. The molecule has 0 radical (unpaired) electrons. The summed E-state index contributed by atoms with van der Waals surface area (Å²) in [6, 6.07) is 15.3. The third kappa shape index (κ3) is 4.49. The van der Waals surface area contributed by atoms with E-state index in [-0.39, 0.29) is 17.8 Å². The summed E-state index contributed by atoms with van der Waals surface area (Å²) in [6.07, 6.45) is 0. The van der Waals surface area contributed by atoms with Gasteiger partial charge in [0, 0.05) is 5.56 Å². The number of halogens is 1. The molecule has 1 amide bonds. The van der Waals surface area contributed by atoms with Gasteiger partial charge in [0.2, 0.25) is 11.8 Å². The Morgan fingerprint density at radius 1 is 1.08 bits per heavy atom. The van der Waals surface area contributed by atoms with Crippen LogP contribution in [0.3, 0.4) is 0 Å². The number of nitrogens with one attached hydrogen (secondary N) is 1. The fourth-order valence-electron chi connectivity index (χ4n) is 2.33. The molecule has 0 aliphatic heterocycles. The maximum absolute atomic E-state index is 13.0. The van der Waals surface area contributed by atoms with Crippen molar-refractivity contribution in [3.63, 3.8) is 0 Å². The summed E-state index contributed by atoms with van der Waals surface area (Å²) in [7, 11) is 0. The first-order valence-electron chi connectivity index (χ1n) is 8.14. The van der Waals surface area contributed by atoms with Crippen molar-refractivity contribution in [1.82, 2.24) is 15.5 Å². The molecule has 7 heteroatoms. The van der Waals surface area contributed by atoms with E-state index in [4.69, 9.17) is 4.42 Å². The molecule has 5 nitrogen and oxygen atoms in total. The van der Waals surface area contributed by atoms with E-state index in [0.29, 0.717) is 11.1 Å². The largest absolute Gasteiger partial charge is 0.411 e. The first kappa shape index (κ1) is 18.1. The van der Waals surface area contributed by atoms with Crippen molar-refractivity contribution in [2.75, 3.05) is 0 Å². The molecule has 0 unspecified atom stereocenters. The van der Waals surface area contributed by atoms with E-state index >= 15 is 0 Å². The molecule has 26 heavy (non-hydrogen) atoms. The summed E-state index contributed by atoms with van der Waals surface area (Å²) in [6.45, 7) is 3.62. The Hall–Kier alpha value is -2.67. The Morgan fingerprint density at radius 2 is 1.77 bits per heavy atom. The molecule has 1 aromatic heterocycles. The number of carbonyl (C=O) groups is 1. The van der Waals surface area contributed by atoms with Gasteiger partial charge in [-0.3, -0.25) is 4.79 Å². The Labute approximate surface area is 155 Å². The number of amides is 1. The maximum atomic E-state index is 13.0. The average Bonchev–Trinajstić information content (AvgIpc) is 3.11. The number of thioether (sulfide) groups is 1. The zero-order chi connectivity index (χ0) is 18.5. The van der Waals surface area contributed by atoms with E-state index in [1.807, 2.05) is 37.3 Å².